The number of aliphatic hydroxyl groups is 1. The van der Waals surface area contributed by atoms with Gasteiger partial charge in [-0.15, -0.1) is 0 Å². The number of halogens is 3. The standard InChI is InChI=1S/C16H18F3NO2/c1-10(4-5-12-3-2-6-22-12)20-15(9-21)11-7-13(17)16(19)14(18)8-11/h2-3,6-8,10,15,20-21H,4-5,9H2,1H3. The zero-order valence-corrected chi connectivity index (χ0v) is 12.2. The molecule has 0 saturated heterocycles. The van der Waals surface area contributed by atoms with Crippen LogP contribution in [-0.4, -0.2) is 17.8 Å². The minimum Gasteiger partial charge on any atom is -0.469 e. The molecule has 3 nitrogen and oxygen atoms in total. The minimum absolute atomic E-state index is 0.0292. The summed E-state index contributed by atoms with van der Waals surface area (Å²) < 4.78 is 44.7. The molecule has 0 aliphatic heterocycles. The summed E-state index contributed by atoms with van der Waals surface area (Å²) in [4.78, 5) is 0. The van der Waals surface area contributed by atoms with E-state index in [1.165, 1.54) is 0 Å². The lowest BCUT2D eigenvalue weighted by Crippen LogP contribution is -2.33. The summed E-state index contributed by atoms with van der Waals surface area (Å²) >= 11 is 0. The van der Waals surface area contributed by atoms with E-state index in [4.69, 9.17) is 4.42 Å². The molecule has 0 saturated carbocycles. The van der Waals surface area contributed by atoms with Crippen molar-refractivity contribution in [2.45, 2.75) is 31.8 Å². The van der Waals surface area contributed by atoms with Crippen LogP contribution >= 0.6 is 0 Å². The predicted octanol–water partition coefficient (Wildman–Crippen LogP) is 3.34. The molecular weight excluding hydrogens is 295 g/mol. The Labute approximate surface area is 126 Å². The van der Waals surface area contributed by atoms with Gasteiger partial charge < -0.3 is 14.8 Å². The van der Waals surface area contributed by atoms with Gasteiger partial charge >= 0.3 is 0 Å². The lowest BCUT2D eigenvalue weighted by atomic mass is 10.0. The first kappa shape index (κ1) is 16.6. The molecule has 2 rings (SSSR count). The van der Waals surface area contributed by atoms with Gasteiger partial charge in [0.25, 0.3) is 0 Å². The van der Waals surface area contributed by atoms with E-state index in [0.29, 0.717) is 6.42 Å². The predicted molar refractivity (Wildman–Crippen MR) is 75.8 cm³/mol. The van der Waals surface area contributed by atoms with E-state index in [1.54, 1.807) is 12.3 Å². The lowest BCUT2D eigenvalue weighted by molar-refractivity contribution is 0.231. The van der Waals surface area contributed by atoms with Gasteiger partial charge in [0, 0.05) is 12.5 Å². The van der Waals surface area contributed by atoms with Gasteiger partial charge in [0.15, 0.2) is 17.5 Å². The van der Waals surface area contributed by atoms with Crippen LogP contribution in [0.5, 0.6) is 0 Å². The summed E-state index contributed by atoms with van der Waals surface area (Å²) in [6, 6.07) is 4.75. The maximum absolute atomic E-state index is 13.3. The summed E-state index contributed by atoms with van der Waals surface area (Å²) in [5, 5.41) is 12.5. The number of hydrogen-bond acceptors (Lipinski definition) is 3. The summed E-state index contributed by atoms with van der Waals surface area (Å²) in [5.41, 5.74) is 0.170. The van der Waals surface area contributed by atoms with E-state index in [0.717, 1.165) is 24.3 Å². The Balaban J connectivity index is 1.99. The molecule has 6 heteroatoms. The molecule has 2 aromatic rings. The highest BCUT2D eigenvalue weighted by Gasteiger charge is 2.18. The van der Waals surface area contributed by atoms with Crippen molar-refractivity contribution in [3.8, 4) is 0 Å². The molecule has 0 aliphatic carbocycles. The molecule has 0 aliphatic rings. The summed E-state index contributed by atoms with van der Waals surface area (Å²) in [7, 11) is 0. The Kier molecular flexibility index (Phi) is 5.63. The first-order valence-corrected chi connectivity index (χ1v) is 7.05. The average molecular weight is 313 g/mol. The van der Waals surface area contributed by atoms with Gasteiger partial charge in [0.05, 0.1) is 18.9 Å². The summed E-state index contributed by atoms with van der Waals surface area (Å²) in [6.07, 6.45) is 3.01. The van der Waals surface area contributed by atoms with Crippen molar-refractivity contribution >= 4 is 0 Å². The number of rotatable bonds is 7. The molecule has 1 aromatic carbocycles. The van der Waals surface area contributed by atoms with E-state index in [2.05, 4.69) is 5.32 Å². The smallest absolute Gasteiger partial charge is 0.194 e. The van der Waals surface area contributed by atoms with Crippen LogP contribution in [0.15, 0.2) is 34.9 Å². The first-order chi connectivity index (χ1) is 10.5. The average Bonchev–Trinajstić information content (AvgIpc) is 3.01. The molecule has 0 spiro atoms. The van der Waals surface area contributed by atoms with Gasteiger partial charge in [-0.2, -0.15) is 0 Å². The first-order valence-electron chi connectivity index (χ1n) is 7.05. The molecule has 2 atom stereocenters. The molecule has 0 radical (unpaired) electrons. The molecule has 120 valence electrons. The second-order valence-corrected chi connectivity index (χ2v) is 5.22. The van der Waals surface area contributed by atoms with Crippen LogP contribution in [0, 0.1) is 17.5 Å². The Morgan fingerprint density at radius 1 is 1.23 bits per heavy atom. The number of benzene rings is 1. The second kappa shape index (κ2) is 7.47. The van der Waals surface area contributed by atoms with Gasteiger partial charge in [-0.25, -0.2) is 13.2 Å². The van der Waals surface area contributed by atoms with Crippen LogP contribution in [0.2, 0.25) is 0 Å². The van der Waals surface area contributed by atoms with E-state index < -0.39 is 23.5 Å². The highest BCUT2D eigenvalue weighted by Crippen LogP contribution is 2.20. The van der Waals surface area contributed by atoms with Crippen molar-refractivity contribution in [3.05, 3.63) is 59.3 Å². The monoisotopic (exact) mass is 313 g/mol. The van der Waals surface area contributed by atoms with Crippen LogP contribution in [-0.2, 0) is 6.42 Å². The van der Waals surface area contributed by atoms with Crippen LogP contribution in [0.25, 0.3) is 0 Å². The fraction of sp³-hybridized carbons (Fsp3) is 0.375. The molecular formula is C16H18F3NO2. The zero-order chi connectivity index (χ0) is 16.1. The highest BCUT2D eigenvalue weighted by molar-refractivity contribution is 5.23. The Hall–Kier alpha value is -1.79. The molecule has 0 fully saturated rings. The van der Waals surface area contributed by atoms with Crippen LogP contribution < -0.4 is 5.32 Å². The van der Waals surface area contributed by atoms with Gasteiger partial charge in [0.1, 0.15) is 5.76 Å². The Morgan fingerprint density at radius 3 is 2.45 bits per heavy atom. The summed E-state index contributed by atoms with van der Waals surface area (Å²) in [6.45, 7) is 1.54. The number of furan rings is 1. The van der Waals surface area contributed by atoms with Crippen molar-refractivity contribution in [3.63, 3.8) is 0 Å². The minimum atomic E-state index is -1.51. The SMILES string of the molecule is CC(CCc1ccco1)NC(CO)c1cc(F)c(F)c(F)c1. The second-order valence-electron chi connectivity index (χ2n) is 5.22. The number of aryl methyl sites for hydroxylation is 1. The quantitative estimate of drug-likeness (QED) is 0.771. The highest BCUT2D eigenvalue weighted by atomic mass is 19.2. The lowest BCUT2D eigenvalue weighted by Gasteiger charge is -2.22. The van der Waals surface area contributed by atoms with Crippen molar-refractivity contribution in [2.75, 3.05) is 6.61 Å². The number of aliphatic hydroxyl groups excluding tert-OH is 1. The third-order valence-corrected chi connectivity index (χ3v) is 3.48. The molecule has 0 amide bonds. The van der Waals surface area contributed by atoms with Crippen LogP contribution in [0.3, 0.4) is 0 Å². The fourth-order valence-electron chi connectivity index (χ4n) is 2.27. The van der Waals surface area contributed by atoms with Crippen molar-refractivity contribution in [2.24, 2.45) is 0 Å². The Bertz CT molecular complexity index is 578. The topological polar surface area (TPSA) is 45.4 Å². The molecule has 0 bridgehead atoms. The fourth-order valence-corrected chi connectivity index (χ4v) is 2.27. The maximum atomic E-state index is 13.3. The normalized spacial score (nSPS) is 14.0. The van der Waals surface area contributed by atoms with Gasteiger partial charge in [-0.3, -0.25) is 0 Å². The molecule has 2 unspecified atom stereocenters. The molecule has 1 aromatic heterocycles. The number of hydrogen-bond donors (Lipinski definition) is 2. The van der Waals surface area contributed by atoms with Gasteiger partial charge in [0.2, 0.25) is 0 Å². The van der Waals surface area contributed by atoms with E-state index >= 15 is 0 Å². The van der Waals surface area contributed by atoms with Crippen molar-refractivity contribution < 1.29 is 22.7 Å². The third-order valence-electron chi connectivity index (χ3n) is 3.48. The number of nitrogens with one attached hydrogen (secondary N) is 1. The zero-order valence-electron chi connectivity index (χ0n) is 12.2. The Morgan fingerprint density at radius 2 is 1.91 bits per heavy atom. The largest absolute Gasteiger partial charge is 0.469 e. The molecule has 1 heterocycles. The van der Waals surface area contributed by atoms with Crippen molar-refractivity contribution in [1.82, 2.24) is 5.32 Å². The van der Waals surface area contributed by atoms with Crippen molar-refractivity contribution in [1.29, 1.82) is 0 Å². The third kappa shape index (κ3) is 4.11. The summed E-state index contributed by atoms with van der Waals surface area (Å²) in [5.74, 6) is -3.20. The van der Waals surface area contributed by atoms with E-state index in [1.807, 2.05) is 13.0 Å². The van der Waals surface area contributed by atoms with Gasteiger partial charge in [-0.05, 0) is 43.2 Å². The maximum Gasteiger partial charge on any atom is 0.194 e. The van der Waals surface area contributed by atoms with Crippen LogP contribution in [0.1, 0.15) is 30.7 Å². The van der Waals surface area contributed by atoms with E-state index in [9.17, 15) is 18.3 Å². The van der Waals surface area contributed by atoms with Gasteiger partial charge in [-0.1, -0.05) is 0 Å². The molecule has 2 N–H and O–H groups in total. The van der Waals surface area contributed by atoms with Crippen LogP contribution in [0.4, 0.5) is 13.2 Å². The molecule has 22 heavy (non-hydrogen) atoms. The van der Waals surface area contributed by atoms with E-state index in [-0.39, 0.29) is 18.2 Å².